The van der Waals surface area contributed by atoms with Crippen molar-refractivity contribution in [1.29, 1.82) is 0 Å². The molecule has 0 heterocycles. The van der Waals surface area contributed by atoms with Crippen LogP contribution in [0.1, 0.15) is 222 Å². The molecule has 0 saturated heterocycles. The minimum atomic E-state index is -0.323. The van der Waals surface area contributed by atoms with Crippen molar-refractivity contribution in [2.45, 2.75) is 219 Å². The van der Waals surface area contributed by atoms with Crippen LogP contribution in [0.25, 0.3) is 0 Å². The van der Waals surface area contributed by atoms with E-state index >= 15 is 0 Å². The molecule has 0 aromatic heterocycles. The minimum absolute atomic E-state index is 0. The molecule has 4 heteroatoms. The van der Waals surface area contributed by atoms with E-state index in [1.807, 2.05) is 0 Å². The fraction of sp³-hybridized carbons (Fsp3) is 0.944. The van der Waals surface area contributed by atoms with Gasteiger partial charge in [0.25, 0.3) is 0 Å². The Labute approximate surface area is 294 Å². The van der Waals surface area contributed by atoms with Gasteiger partial charge >= 0.3 is 60.8 Å². The van der Waals surface area contributed by atoms with Crippen LogP contribution in [0.15, 0.2) is 0 Å². The van der Waals surface area contributed by atoms with Crippen LogP contribution in [0.5, 0.6) is 0 Å². The first-order valence-electron chi connectivity index (χ1n) is 17.9. The summed E-state index contributed by atoms with van der Waals surface area (Å²) in [7, 11) is 0. The van der Waals surface area contributed by atoms with Gasteiger partial charge in [-0.25, -0.2) is 0 Å². The normalized spacial score (nSPS) is 10.9. The van der Waals surface area contributed by atoms with Crippen molar-refractivity contribution >= 4 is 60.8 Å². The van der Waals surface area contributed by atoms with Gasteiger partial charge in [0.1, 0.15) is 0 Å². The van der Waals surface area contributed by atoms with Gasteiger partial charge in [0.2, 0.25) is 0 Å². The first kappa shape index (κ1) is 42.8. The first-order chi connectivity index (χ1) is 19.2. The molecule has 0 radical (unpaired) electrons. The zero-order valence-electron chi connectivity index (χ0n) is 29.6. The third-order valence-electron chi connectivity index (χ3n) is 8.20. The Balaban J connectivity index is -0.00000241. The summed E-state index contributed by atoms with van der Waals surface area (Å²) in [6.07, 6.45) is 40.1. The summed E-state index contributed by atoms with van der Waals surface area (Å²) in [5, 5.41) is 0. The van der Waals surface area contributed by atoms with Crippen LogP contribution in [-0.4, -0.2) is 60.8 Å². The molecule has 0 aromatic rings. The molecule has 0 amide bonds. The Kier molecular flexibility index (Phi) is 40.4. The van der Waals surface area contributed by atoms with E-state index < -0.39 is 0 Å². The molecule has 0 atom stereocenters. The van der Waals surface area contributed by atoms with E-state index in [0.717, 1.165) is 25.7 Å². The molecule has 0 N–H and O–H groups in total. The Hall–Kier alpha value is 0.711. The molecular weight excluding hydrogens is 618 g/mol. The standard InChI is InChI=1S/C36H70O3.Ba.2H/c1-3-5-7-9-11-13-15-17-19-21-23-25-27-29-31-33-35(37)39-36(38)34-32-30-28-26-24-22-20-18-16-14-12-10-8-6-4-2;;;/h3-34H2,1-2H3;;;/q;+2;2*-1. The molecule has 0 fully saturated rings. The van der Waals surface area contributed by atoms with Gasteiger partial charge in [-0.05, 0) is 12.8 Å². The molecule has 0 aliphatic rings. The maximum atomic E-state index is 11.9. The zero-order chi connectivity index (χ0) is 28.5. The molecule has 0 aromatic carbocycles. The molecule has 0 rings (SSSR count). The van der Waals surface area contributed by atoms with Gasteiger partial charge in [-0.2, -0.15) is 0 Å². The van der Waals surface area contributed by atoms with Crippen molar-refractivity contribution in [2.75, 3.05) is 0 Å². The number of esters is 2. The monoisotopic (exact) mass is 690 g/mol. The molecule has 0 bridgehead atoms. The second-order valence-corrected chi connectivity index (χ2v) is 12.2. The van der Waals surface area contributed by atoms with Crippen molar-refractivity contribution in [3.05, 3.63) is 0 Å². The van der Waals surface area contributed by atoms with Gasteiger partial charge in [0.05, 0.1) is 0 Å². The summed E-state index contributed by atoms with van der Waals surface area (Å²) in [5.74, 6) is -0.647. The van der Waals surface area contributed by atoms with E-state index in [1.165, 1.54) is 167 Å². The Morgan fingerprint density at radius 2 is 0.525 bits per heavy atom. The van der Waals surface area contributed by atoms with E-state index in [1.54, 1.807) is 0 Å². The number of hydrogen-bond acceptors (Lipinski definition) is 3. The summed E-state index contributed by atoms with van der Waals surface area (Å²) in [6, 6.07) is 0. The van der Waals surface area contributed by atoms with E-state index in [0.29, 0.717) is 12.8 Å². The van der Waals surface area contributed by atoms with Crippen molar-refractivity contribution in [1.82, 2.24) is 0 Å². The maximum absolute atomic E-state index is 11.9. The number of carbonyl (C=O) groups excluding carboxylic acids is 2. The summed E-state index contributed by atoms with van der Waals surface area (Å²) in [4.78, 5) is 23.8. The quantitative estimate of drug-likeness (QED) is 0.0305. The van der Waals surface area contributed by atoms with Crippen LogP contribution in [-0.2, 0) is 14.3 Å². The van der Waals surface area contributed by atoms with E-state index in [2.05, 4.69) is 13.8 Å². The third kappa shape index (κ3) is 36.7. The van der Waals surface area contributed by atoms with Crippen LogP contribution in [0.3, 0.4) is 0 Å². The second kappa shape index (κ2) is 37.7. The SMILES string of the molecule is CCCCCCCCCCCCCCCCCC(=O)OC(=O)CCCCCCCCCCCCCCCCC.[Ba+2].[H-].[H-]. The number of carbonyl (C=O) groups is 2. The van der Waals surface area contributed by atoms with Crippen molar-refractivity contribution in [3.63, 3.8) is 0 Å². The minimum Gasteiger partial charge on any atom is -1.00 e. The predicted molar refractivity (Wildman–Crippen MR) is 178 cm³/mol. The Morgan fingerprint density at radius 3 is 0.725 bits per heavy atom. The van der Waals surface area contributed by atoms with Crippen molar-refractivity contribution in [2.24, 2.45) is 0 Å². The first-order valence-corrected chi connectivity index (χ1v) is 17.9. The molecule has 0 aliphatic carbocycles. The predicted octanol–water partition coefficient (Wildman–Crippen LogP) is 12.4. The van der Waals surface area contributed by atoms with Crippen LogP contribution < -0.4 is 0 Å². The fourth-order valence-corrected chi connectivity index (χ4v) is 5.51. The topological polar surface area (TPSA) is 43.4 Å². The molecular formula is C36H72BaO3. The molecule has 3 nitrogen and oxygen atoms in total. The summed E-state index contributed by atoms with van der Waals surface area (Å²) in [6.45, 7) is 4.55. The number of ether oxygens (including phenoxy) is 1. The van der Waals surface area contributed by atoms with E-state index in [-0.39, 0.29) is 63.7 Å². The molecule has 0 aliphatic heterocycles. The van der Waals surface area contributed by atoms with E-state index in [9.17, 15) is 9.59 Å². The largest absolute Gasteiger partial charge is 2.00 e. The van der Waals surface area contributed by atoms with Gasteiger partial charge in [-0.1, -0.05) is 194 Å². The van der Waals surface area contributed by atoms with Crippen molar-refractivity contribution < 1.29 is 17.2 Å². The van der Waals surface area contributed by atoms with Crippen LogP contribution in [0.4, 0.5) is 0 Å². The number of hydrogen-bond donors (Lipinski definition) is 0. The van der Waals surface area contributed by atoms with Gasteiger partial charge in [0.15, 0.2) is 0 Å². The third-order valence-corrected chi connectivity index (χ3v) is 8.20. The average Bonchev–Trinajstić information content (AvgIpc) is 2.93. The fourth-order valence-electron chi connectivity index (χ4n) is 5.51. The van der Waals surface area contributed by atoms with Gasteiger partial charge in [-0.3, -0.25) is 9.59 Å². The van der Waals surface area contributed by atoms with E-state index in [4.69, 9.17) is 4.74 Å². The van der Waals surface area contributed by atoms with Gasteiger partial charge < -0.3 is 7.59 Å². The van der Waals surface area contributed by atoms with Crippen molar-refractivity contribution in [3.8, 4) is 0 Å². The van der Waals surface area contributed by atoms with Crippen LogP contribution >= 0.6 is 0 Å². The van der Waals surface area contributed by atoms with Gasteiger partial charge in [-0.15, -0.1) is 0 Å². The maximum Gasteiger partial charge on any atom is 2.00 e. The molecule has 0 unspecified atom stereocenters. The zero-order valence-corrected chi connectivity index (χ0v) is 32.0. The Bertz CT molecular complexity index is 476. The Morgan fingerprint density at radius 1 is 0.350 bits per heavy atom. The second-order valence-electron chi connectivity index (χ2n) is 12.2. The van der Waals surface area contributed by atoms with Gasteiger partial charge in [0, 0.05) is 12.8 Å². The van der Waals surface area contributed by atoms with Crippen LogP contribution in [0, 0.1) is 0 Å². The molecule has 236 valence electrons. The summed E-state index contributed by atoms with van der Waals surface area (Å²) >= 11 is 0. The number of unbranched alkanes of at least 4 members (excludes halogenated alkanes) is 28. The summed E-state index contributed by atoms with van der Waals surface area (Å²) in [5.41, 5.74) is 0. The molecule has 0 saturated carbocycles. The summed E-state index contributed by atoms with van der Waals surface area (Å²) < 4.78 is 5.01. The van der Waals surface area contributed by atoms with Crippen LogP contribution in [0.2, 0.25) is 0 Å². The molecule has 0 spiro atoms. The number of rotatable bonds is 32. The smallest absolute Gasteiger partial charge is 1.00 e. The molecule has 40 heavy (non-hydrogen) atoms. The average molecular weight is 690 g/mol.